The number of amides is 1. The highest BCUT2D eigenvalue weighted by molar-refractivity contribution is 8.03. The fourth-order valence-electron chi connectivity index (χ4n) is 4.48. The second-order valence-corrected chi connectivity index (χ2v) is 10.3. The molecule has 2 heterocycles. The standard InChI is InChI=1S/C29H26ClN3O3S/c1-16-12-17(2)27(18(3)13-16)33-28(35)25-19(4)32-29(22(14-31)26(25)24-6-5-11-36-24)37-15-23(34)20-7-9-21(30)10-8-20/h5-13,26,32H,15H2,1-4H3,(H,33,35)/t26-/m0/s1. The molecule has 1 atom stereocenters. The Bertz CT molecular complexity index is 1440. The van der Waals surface area contributed by atoms with Gasteiger partial charge in [-0.05, 0) is 75.2 Å². The molecule has 0 spiro atoms. The fourth-order valence-corrected chi connectivity index (χ4v) is 5.59. The number of rotatable bonds is 7. The van der Waals surface area contributed by atoms with Gasteiger partial charge in [0.2, 0.25) is 0 Å². The molecule has 0 saturated carbocycles. The zero-order chi connectivity index (χ0) is 26.7. The van der Waals surface area contributed by atoms with Crippen LogP contribution in [0.1, 0.15) is 45.7 Å². The van der Waals surface area contributed by atoms with Crippen LogP contribution in [0.3, 0.4) is 0 Å². The molecule has 1 aliphatic rings. The molecular formula is C29H26ClN3O3S. The van der Waals surface area contributed by atoms with E-state index in [4.69, 9.17) is 16.0 Å². The van der Waals surface area contributed by atoms with Crippen LogP contribution < -0.4 is 10.6 Å². The van der Waals surface area contributed by atoms with E-state index in [1.807, 2.05) is 32.9 Å². The van der Waals surface area contributed by atoms with Gasteiger partial charge in [-0.3, -0.25) is 9.59 Å². The summed E-state index contributed by atoms with van der Waals surface area (Å²) >= 11 is 7.15. The smallest absolute Gasteiger partial charge is 0.254 e. The van der Waals surface area contributed by atoms with Gasteiger partial charge in [0, 0.05) is 22.0 Å². The monoisotopic (exact) mass is 531 g/mol. The molecule has 37 heavy (non-hydrogen) atoms. The highest BCUT2D eigenvalue weighted by atomic mass is 35.5. The summed E-state index contributed by atoms with van der Waals surface area (Å²) < 4.78 is 5.69. The molecule has 2 N–H and O–H groups in total. The highest BCUT2D eigenvalue weighted by Crippen LogP contribution is 2.41. The largest absolute Gasteiger partial charge is 0.468 e. The Kier molecular flexibility index (Phi) is 7.91. The second-order valence-electron chi connectivity index (χ2n) is 8.91. The predicted molar refractivity (Wildman–Crippen MR) is 147 cm³/mol. The van der Waals surface area contributed by atoms with Crippen molar-refractivity contribution in [3.05, 3.63) is 110 Å². The topological polar surface area (TPSA) is 95.1 Å². The van der Waals surface area contributed by atoms with E-state index in [1.165, 1.54) is 18.0 Å². The molecule has 188 valence electrons. The van der Waals surface area contributed by atoms with Crippen molar-refractivity contribution < 1.29 is 14.0 Å². The number of carbonyl (C=O) groups excluding carboxylic acids is 2. The average molecular weight is 532 g/mol. The van der Waals surface area contributed by atoms with E-state index in [2.05, 4.69) is 16.7 Å². The minimum Gasteiger partial charge on any atom is -0.468 e. The van der Waals surface area contributed by atoms with Gasteiger partial charge in [0.05, 0.1) is 40.2 Å². The summed E-state index contributed by atoms with van der Waals surface area (Å²) in [6, 6.07) is 16.4. The van der Waals surface area contributed by atoms with E-state index in [9.17, 15) is 14.9 Å². The first kappa shape index (κ1) is 26.3. The van der Waals surface area contributed by atoms with Gasteiger partial charge in [-0.25, -0.2) is 0 Å². The normalized spacial score (nSPS) is 15.3. The molecule has 0 bridgehead atoms. The number of aryl methyl sites for hydroxylation is 3. The number of halogens is 1. The first-order valence-corrected chi connectivity index (χ1v) is 13.0. The van der Waals surface area contributed by atoms with Crippen molar-refractivity contribution in [2.45, 2.75) is 33.6 Å². The van der Waals surface area contributed by atoms with E-state index in [-0.39, 0.29) is 17.4 Å². The third kappa shape index (κ3) is 5.66. The molecule has 0 saturated heterocycles. The quantitative estimate of drug-likeness (QED) is 0.325. The van der Waals surface area contributed by atoms with Crippen LogP contribution in [0.15, 0.2) is 81.1 Å². The molecule has 3 aromatic rings. The van der Waals surface area contributed by atoms with Crippen LogP contribution in [0.2, 0.25) is 5.02 Å². The Morgan fingerprint density at radius 2 is 1.78 bits per heavy atom. The number of thioether (sulfide) groups is 1. The maximum atomic E-state index is 13.7. The Morgan fingerprint density at radius 3 is 2.38 bits per heavy atom. The van der Waals surface area contributed by atoms with Crippen LogP contribution in [0.5, 0.6) is 0 Å². The SMILES string of the molecule is CC1=C(C(=O)Nc2c(C)cc(C)cc2C)[C@H](c2ccco2)C(C#N)=C(SCC(=O)c2ccc(Cl)cc2)N1. The number of hydrogen-bond acceptors (Lipinski definition) is 6. The van der Waals surface area contributed by atoms with Gasteiger partial charge < -0.3 is 15.1 Å². The van der Waals surface area contributed by atoms with Crippen molar-refractivity contribution in [3.8, 4) is 6.07 Å². The molecule has 6 nitrogen and oxygen atoms in total. The third-order valence-electron chi connectivity index (χ3n) is 6.15. The summed E-state index contributed by atoms with van der Waals surface area (Å²) in [6.45, 7) is 7.70. The zero-order valence-electron chi connectivity index (χ0n) is 20.9. The summed E-state index contributed by atoms with van der Waals surface area (Å²) in [7, 11) is 0. The van der Waals surface area contributed by atoms with Crippen molar-refractivity contribution in [1.29, 1.82) is 5.26 Å². The van der Waals surface area contributed by atoms with Crippen LogP contribution in [-0.2, 0) is 4.79 Å². The molecule has 0 unspecified atom stereocenters. The summed E-state index contributed by atoms with van der Waals surface area (Å²) in [5.41, 5.74) is 5.58. The molecule has 1 amide bonds. The van der Waals surface area contributed by atoms with Gasteiger partial charge in [-0.2, -0.15) is 5.26 Å². The van der Waals surface area contributed by atoms with Crippen molar-refractivity contribution >= 4 is 40.7 Å². The number of benzene rings is 2. The van der Waals surface area contributed by atoms with Crippen LogP contribution in [0.25, 0.3) is 0 Å². The third-order valence-corrected chi connectivity index (χ3v) is 7.42. The highest BCUT2D eigenvalue weighted by Gasteiger charge is 2.36. The number of anilines is 1. The first-order valence-electron chi connectivity index (χ1n) is 11.7. The number of nitrogens with one attached hydrogen (secondary N) is 2. The van der Waals surface area contributed by atoms with Gasteiger partial charge in [0.15, 0.2) is 5.78 Å². The molecule has 0 aliphatic carbocycles. The van der Waals surface area contributed by atoms with Crippen LogP contribution >= 0.6 is 23.4 Å². The zero-order valence-corrected chi connectivity index (χ0v) is 22.5. The summed E-state index contributed by atoms with van der Waals surface area (Å²) in [5.74, 6) is -0.562. The molecule has 4 rings (SSSR count). The maximum absolute atomic E-state index is 13.7. The van der Waals surface area contributed by atoms with Crippen LogP contribution in [-0.4, -0.2) is 17.4 Å². The van der Waals surface area contributed by atoms with Crippen molar-refractivity contribution in [1.82, 2.24) is 5.32 Å². The van der Waals surface area contributed by atoms with Gasteiger partial charge in [-0.15, -0.1) is 0 Å². The van der Waals surface area contributed by atoms with Crippen molar-refractivity contribution in [2.75, 3.05) is 11.1 Å². The van der Waals surface area contributed by atoms with E-state index >= 15 is 0 Å². The number of dihydropyridines is 1. The summed E-state index contributed by atoms with van der Waals surface area (Å²) in [6.07, 6.45) is 1.52. The number of nitriles is 1. The number of allylic oxidation sites excluding steroid dienone is 2. The molecule has 2 aromatic carbocycles. The number of nitrogens with zero attached hydrogens (tertiary/aromatic N) is 1. The molecule has 8 heteroatoms. The lowest BCUT2D eigenvalue weighted by Gasteiger charge is -2.28. The Balaban J connectivity index is 1.66. The lowest BCUT2D eigenvalue weighted by Crippen LogP contribution is -2.31. The Hall–Kier alpha value is -3.73. The van der Waals surface area contributed by atoms with E-state index in [0.717, 1.165) is 22.4 Å². The minimum atomic E-state index is -0.722. The second kappa shape index (κ2) is 11.1. The fraction of sp³-hybridized carbons (Fsp3) is 0.207. The lowest BCUT2D eigenvalue weighted by molar-refractivity contribution is -0.113. The summed E-state index contributed by atoms with van der Waals surface area (Å²) in [4.78, 5) is 26.4. The van der Waals surface area contributed by atoms with Gasteiger partial charge in [0.25, 0.3) is 5.91 Å². The number of hydrogen-bond donors (Lipinski definition) is 2. The van der Waals surface area contributed by atoms with E-state index in [1.54, 1.807) is 43.3 Å². The first-order chi connectivity index (χ1) is 17.7. The number of furan rings is 1. The molecule has 1 aromatic heterocycles. The Morgan fingerprint density at radius 1 is 1.11 bits per heavy atom. The molecular weight excluding hydrogens is 506 g/mol. The average Bonchev–Trinajstić information content (AvgIpc) is 3.39. The number of carbonyl (C=O) groups is 2. The van der Waals surface area contributed by atoms with Crippen molar-refractivity contribution in [2.24, 2.45) is 0 Å². The number of Topliss-reactive ketones (excluding diaryl/α,β-unsaturated/α-hetero) is 1. The molecule has 0 fully saturated rings. The predicted octanol–water partition coefficient (Wildman–Crippen LogP) is 6.81. The molecule has 1 aliphatic heterocycles. The van der Waals surface area contributed by atoms with Gasteiger partial charge >= 0.3 is 0 Å². The Labute approximate surface area is 225 Å². The maximum Gasteiger partial charge on any atom is 0.254 e. The number of ketones is 1. The van der Waals surface area contributed by atoms with Crippen LogP contribution in [0, 0.1) is 32.1 Å². The molecule has 0 radical (unpaired) electrons. The van der Waals surface area contributed by atoms with Crippen LogP contribution in [0.4, 0.5) is 5.69 Å². The van der Waals surface area contributed by atoms with Gasteiger partial charge in [0.1, 0.15) is 5.76 Å². The van der Waals surface area contributed by atoms with Crippen molar-refractivity contribution in [3.63, 3.8) is 0 Å². The summed E-state index contributed by atoms with van der Waals surface area (Å²) in [5, 5.41) is 17.5. The minimum absolute atomic E-state index is 0.0988. The lowest BCUT2D eigenvalue weighted by atomic mass is 9.85. The van der Waals surface area contributed by atoms with Gasteiger partial charge in [-0.1, -0.05) is 41.1 Å². The van der Waals surface area contributed by atoms with E-state index < -0.39 is 5.92 Å². The van der Waals surface area contributed by atoms with E-state index in [0.29, 0.717) is 38.2 Å².